The van der Waals surface area contributed by atoms with Gasteiger partial charge in [-0.05, 0) is 17.7 Å². The van der Waals surface area contributed by atoms with E-state index in [-0.39, 0.29) is 18.8 Å². The number of hydrogen-bond donors (Lipinski definition) is 1. The molecule has 1 N–H and O–H groups in total. The topological polar surface area (TPSA) is 42.0 Å². The number of ether oxygens (including phenoxy) is 2. The average molecular weight is 180 g/mol. The highest BCUT2D eigenvalue weighted by Crippen LogP contribution is 2.38. The third-order valence-electron chi connectivity index (χ3n) is 2.21. The molecule has 3 nitrogen and oxygen atoms in total. The Kier molecular flexibility index (Phi) is 2.20. The molecule has 0 aliphatic carbocycles. The zero-order chi connectivity index (χ0) is 9.26. The van der Waals surface area contributed by atoms with Gasteiger partial charge >= 0.3 is 0 Å². The van der Waals surface area contributed by atoms with Gasteiger partial charge in [0.2, 0.25) is 0 Å². The van der Waals surface area contributed by atoms with Crippen LogP contribution < -0.4 is 4.74 Å². The molecule has 70 valence electrons. The summed E-state index contributed by atoms with van der Waals surface area (Å²) in [7, 11) is 1.64. The largest absolute Gasteiger partial charge is 0.497 e. The number of methoxy groups -OCH3 is 1. The monoisotopic (exact) mass is 180 g/mol. The fraction of sp³-hybridized carbons (Fsp3) is 0.400. The van der Waals surface area contributed by atoms with Crippen molar-refractivity contribution in [2.24, 2.45) is 0 Å². The van der Waals surface area contributed by atoms with E-state index in [0.29, 0.717) is 0 Å². The van der Waals surface area contributed by atoms with Gasteiger partial charge in [0.25, 0.3) is 0 Å². The van der Waals surface area contributed by atoms with Crippen LogP contribution in [0, 0.1) is 0 Å². The molecule has 2 rings (SSSR count). The minimum absolute atomic E-state index is 0.00612. The molecule has 2 atom stereocenters. The van der Waals surface area contributed by atoms with Crippen LogP contribution in [0.3, 0.4) is 0 Å². The van der Waals surface area contributed by atoms with Crippen LogP contribution in [-0.4, -0.2) is 24.9 Å². The first kappa shape index (κ1) is 8.53. The second kappa shape index (κ2) is 3.36. The SMILES string of the molecule is COc1ccc([C@@H]2O[C@H]2CO)cc1. The molecule has 1 aliphatic heterocycles. The van der Waals surface area contributed by atoms with Crippen LogP contribution in [0.4, 0.5) is 0 Å². The van der Waals surface area contributed by atoms with Crippen LogP contribution in [0.25, 0.3) is 0 Å². The maximum Gasteiger partial charge on any atom is 0.118 e. The van der Waals surface area contributed by atoms with Gasteiger partial charge in [-0.2, -0.15) is 0 Å². The maximum absolute atomic E-state index is 8.79. The van der Waals surface area contributed by atoms with Gasteiger partial charge in [0.05, 0.1) is 13.7 Å². The second-order valence-electron chi connectivity index (χ2n) is 3.05. The maximum atomic E-state index is 8.79. The van der Waals surface area contributed by atoms with Crippen LogP contribution >= 0.6 is 0 Å². The summed E-state index contributed by atoms with van der Waals surface area (Å²) in [5, 5.41) is 8.79. The Morgan fingerprint density at radius 1 is 1.38 bits per heavy atom. The smallest absolute Gasteiger partial charge is 0.118 e. The number of benzene rings is 1. The first-order chi connectivity index (χ1) is 6.35. The van der Waals surface area contributed by atoms with Gasteiger partial charge < -0.3 is 14.6 Å². The summed E-state index contributed by atoms with van der Waals surface area (Å²) in [5.41, 5.74) is 1.10. The zero-order valence-corrected chi connectivity index (χ0v) is 7.43. The number of aliphatic hydroxyl groups is 1. The molecule has 1 fully saturated rings. The van der Waals surface area contributed by atoms with Crippen molar-refractivity contribution in [2.75, 3.05) is 13.7 Å². The molecule has 1 aromatic rings. The molecule has 13 heavy (non-hydrogen) atoms. The molecule has 0 unspecified atom stereocenters. The van der Waals surface area contributed by atoms with Crippen molar-refractivity contribution in [3.8, 4) is 5.75 Å². The lowest BCUT2D eigenvalue weighted by atomic mass is 10.1. The molecule has 0 amide bonds. The van der Waals surface area contributed by atoms with Crippen molar-refractivity contribution in [3.05, 3.63) is 29.8 Å². The van der Waals surface area contributed by atoms with Crippen molar-refractivity contribution in [2.45, 2.75) is 12.2 Å². The molecule has 0 spiro atoms. The number of epoxide rings is 1. The van der Waals surface area contributed by atoms with E-state index in [4.69, 9.17) is 14.6 Å². The highest BCUT2D eigenvalue weighted by molar-refractivity contribution is 5.30. The van der Waals surface area contributed by atoms with Crippen LogP contribution in [0.15, 0.2) is 24.3 Å². The van der Waals surface area contributed by atoms with Gasteiger partial charge in [0, 0.05) is 0 Å². The van der Waals surface area contributed by atoms with Crippen LogP contribution in [-0.2, 0) is 4.74 Å². The molecule has 0 saturated carbocycles. The summed E-state index contributed by atoms with van der Waals surface area (Å²) < 4.78 is 10.3. The predicted octanol–water partition coefficient (Wildman–Crippen LogP) is 1.13. The van der Waals surface area contributed by atoms with E-state index < -0.39 is 0 Å². The lowest BCUT2D eigenvalue weighted by Gasteiger charge is -1.99. The molecule has 1 heterocycles. The predicted molar refractivity (Wildman–Crippen MR) is 47.7 cm³/mol. The molecule has 1 aromatic carbocycles. The third-order valence-corrected chi connectivity index (χ3v) is 2.21. The van der Waals surface area contributed by atoms with E-state index in [0.717, 1.165) is 11.3 Å². The highest BCUT2D eigenvalue weighted by Gasteiger charge is 2.39. The third kappa shape index (κ3) is 1.66. The van der Waals surface area contributed by atoms with Crippen molar-refractivity contribution in [1.82, 2.24) is 0 Å². The standard InChI is InChI=1S/C10H12O3/c1-12-8-4-2-7(3-5-8)10-9(6-11)13-10/h2-5,9-11H,6H2,1H3/t9-,10-/m0/s1. The van der Waals surface area contributed by atoms with Crippen molar-refractivity contribution in [3.63, 3.8) is 0 Å². The molecule has 3 heteroatoms. The molecule has 1 saturated heterocycles. The Morgan fingerprint density at radius 2 is 2.08 bits per heavy atom. The summed E-state index contributed by atoms with van der Waals surface area (Å²) in [6, 6.07) is 7.70. The molecule has 0 bridgehead atoms. The van der Waals surface area contributed by atoms with Gasteiger partial charge in [-0.1, -0.05) is 12.1 Å². The van der Waals surface area contributed by atoms with Crippen LogP contribution in [0.1, 0.15) is 11.7 Å². The molecular weight excluding hydrogens is 168 g/mol. The Balaban J connectivity index is 2.07. The summed E-state index contributed by atoms with van der Waals surface area (Å²) in [6.07, 6.45) is 0.0734. The summed E-state index contributed by atoms with van der Waals surface area (Å²) >= 11 is 0. The molecule has 1 aliphatic rings. The lowest BCUT2D eigenvalue weighted by molar-refractivity contribution is 0.242. The summed E-state index contributed by atoms with van der Waals surface area (Å²) in [5.74, 6) is 0.838. The summed E-state index contributed by atoms with van der Waals surface area (Å²) in [6.45, 7) is 0.0939. The van der Waals surface area contributed by atoms with Crippen molar-refractivity contribution >= 4 is 0 Å². The zero-order valence-electron chi connectivity index (χ0n) is 7.43. The van der Waals surface area contributed by atoms with E-state index >= 15 is 0 Å². The quantitative estimate of drug-likeness (QED) is 0.709. The van der Waals surface area contributed by atoms with E-state index in [1.165, 1.54) is 0 Å². The fourth-order valence-corrected chi connectivity index (χ4v) is 1.37. The minimum Gasteiger partial charge on any atom is -0.497 e. The van der Waals surface area contributed by atoms with Crippen molar-refractivity contribution in [1.29, 1.82) is 0 Å². The highest BCUT2D eigenvalue weighted by atomic mass is 16.6. The minimum atomic E-state index is -0.00612. The van der Waals surface area contributed by atoms with E-state index in [1.807, 2.05) is 24.3 Å². The van der Waals surface area contributed by atoms with Gasteiger partial charge in [0.1, 0.15) is 18.0 Å². The van der Waals surface area contributed by atoms with Gasteiger partial charge in [0.15, 0.2) is 0 Å². The van der Waals surface area contributed by atoms with E-state index in [9.17, 15) is 0 Å². The average Bonchev–Trinajstić information content (AvgIpc) is 2.97. The number of aliphatic hydroxyl groups excluding tert-OH is 1. The van der Waals surface area contributed by atoms with E-state index in [1.54, 1.807) is 7.11 Å². The van der Waals surface area contributed by atoms with Crippen molar-refractivity contribution < 1.29 is 14.6 Å². The Bertz CT molecular complexity index is 281. The van der Waals surface area contributed by atoms with E-state index in [2.05, 4.69) is 0 Å². The number of rotatable bonds is 3. The molecular formula is C10H12O3. The Hall–Kier alpha value is -1.06. The van der Waals surface area contributed by atoms with Gasteiger partial charge in [-0.25, -0.2) is 0 Å². The van der Waals surface area contributed by atoms with Gasteiger partial charge in [-0.15, -0.1) is 0 Å². The molecule has 0 radical (unpaired) electrons. The normalized spacial score (nSPS) is 25.7. The van der Waals surface area contributed by atoms with Gasteiger partial charge in [-0.3, -0.25) is 0 Å². The van der Waals surface area contributed by atoms with Crippen LogP contribution in [0.2, 0.25) is 0 Å². The Morgan fingerprint density at radius 3 is 2.54 bits per heavy atom. The number of hydrogen-bond acceptors (Lipinski definition) is 3. The first-order valence-electron chi connectivity index (χ1n) is 4.25. The fourth-order valence-electron chi connectivity index (χ4n) is 1.37. The molecule has 0 aromatic heterocycles. The second-order valence-corrected chi connectivity index (χ2v) is 3.05. The summed E-state index contributed by atoms with van der Waals surface area (Å²) in [4.78, 5) is 0. The Labute approximate surface area is 76.9 Å². The lowest BCUT2D eigenvalue weighted by Crippen LogP contribution is -1.94. The van der Waals surface area contributed by atoms with Crippen LogP contribution in [0.5, 0.6) is 5.75 Å². The first-order valence-corrected chi connectivity index (χ1v) is 4.25.